The summed E-state index contributed by atoms with van der Waals surface area (Å²) in [5.41, 5.74) is 0.836. The maximum absolute atomic E-state index is 11.9. The van der Waals surface area contributed by atoms with Crippen molar-refractivity contribution in [3.05, 3.63) is 29.3 Å². The minimum absolute atomic E-state index is 0.213. The molecule has 2 aromatic rings. The first-order chi connectivity index (χ1) is 8.74. The second-order valence-corrected chi connectivity index (χ2v) is 4.63. The fourth-order valence-corrected chi connectivity index (χ4v) is 2.37. The summed E-state index contributed by atoms with van der Waals surface area (Å²) in [6.45, 7) is 0.293. The van der Waals surface area contributed by atoms with Crippen LogP contribution in [0.1, 0.15) is 9.80 Å². The number of methoxy groups -OCH3 is 2. The van der Waals surface area contributed by atoms with Gasteiger partial charge < -0.3 is 14.8 Å². The second kappa shape index (κ2) is 5.90. The Bertz CT molecular complexity index is 504. The third kappa shape index (κ3) is 2.84. The van der Waals surface area contributed by atoms with Crippen molar-refractivity contribution in [1.29, 1.82) is 0 Å². The van der Waals surface area contributed by atoms with E-state index in [0.29, 0.717) is 11.6 Å². The van der Waals surface area contributed by atoms with E-state index in [0.717, 1.165) is 10.2 Å². The zero-order chi connectivity index (χ0) is 13.0. The molecular formula is C12H14N2O3S. The van der Waals surface area contributed by atoms with E-state index >= 15 is 0 Å². The number of para-hydroxylation sites is 1. The number of benzene rings is 1. The number of nitrogens with zero attached hydrogens (tertiary/aromatic N) is 1. The number of aromatic nitrogens is 1. The molecule has 0 bridgehead atoms. The van der Waals surface area contributed by atoms with Crippen molar-refractivity contribution in [3.8, 4) is 0 Å². The van der Waals surface area contributed by atoms with Gasteiger partial charge >= 0.3 is 0 Å². The van der Waals surface area contributed by atoms with Crippen LogP contribution in [-0.2, 0) is 9.47 Å². The number of amides is 1. The number of nitrogens with one attached hydrogen (secondary N) is 1. The Kier molecular flexibility index (Phi) is 4.24. The lowest BCUT2D eigenvalue weighted by Crippen LogP contribution is -2.34. The van der Waals surface area contributed by atoms with Gasteiger partial charge in [0.15, 0.2) is 11.3 Å². The first kappa shape index (κ1) is 12.9. The highest BCUT2D eigenvalue weighted by atomic mass is 32.1. The number of hydrogen-bond donors (Lipinski definition) is 1. The molecule has 1 aromatic carbocycles. The van der Waals surface area contributed by atoms with Crippen LogP contribution in [0.5, 0.6) is 0 Å². The molecule has 18 heavy (non-hydrogen) atoms. The molecule has 0 aliphatic carbocycles. The molecule has 1 N–H and O–H groups in total. The van der Waals surface area contributed by atoms with Crippen molar-refractivity contribution in [2.24, 2.45) is 0 Å². The van der Waals surface area contributed by atoms with E-state index in [1.165, 1.54) is 25.6 Å². The Hall–Kier alpha value is -1.50. The molecule has 1 amide bonds. The Morgan fingerprint density at radius 2 is 2.11 bits per heavy atom. The first-order valence-corrected chi connectivity index (χ1v) is 6.25. The summed E-state index contributed by atoms with van der Waals surface area (Å²) in [4.78, 5) is 16.1. The molecule has 0 atom stereocenters. The van der Waals surface area contributed by atoms with Gasteiger partial charge in [0.1, 0.15) is 0 Å². The molecule has 96 valence electrons. The zero-order valence-corrected chi connectivity index (χ0v) is 11.0. The highest BCUT2D eigenvalue weighted by Crippen LogP contribution is 2.21. The molecule has 1 heterocycles. The minimum atomic E-state index is -0.441. The number of carbonyl (C=O) groups is 1. The Morgan fingerprint density at radius 1 is 1.39 bits per heavy atom. The predicted octanol–water partition coefficient (Wildman–Crippen LogP) is 1.65. The average molecular weight is 266 g/mol. The standard InChI is InChI=1S/C12H14N2O3S/c1-16-10(17-2)7-13-11(15)12-14-8-5-3-4-6-9(8)18-12/h3-6,10H,7H2,1-2H3,(H,13,15). The van der Waals surface area contributed by atoms with Gasteiger partial charge in [-0.15, -0.1) is 11.3 Å². The van der Waals surface area contributed by atoms with E-state index in [1.54, 1.807) is 0 Å². The molecule has 0 aliphatic rings. The molecule has 2 rings (SSSR count). The summed E-state index contributed by atoms with van der Waals surface area (Å²) < 4.78 is 11.0. The van der Waals surface area contributed by atoms with Gasteiger partial charge in [0, 0.05) is 14.2 Å². The number of rotatable bonds is 5. The first-order valence-electron chi connectivity index (χ1n) is 5.44. The average Bonchev–Trinajstić information content (AvgIpc) is 2.83. The van der Waals surface area contributed by atoms with Crippen molar-refractivity contribution in [3.63, 3.8) is 0 Å². The fourth-order valence-electron chi connectivity index (χ4n) is 1.48. The largest absolute Gasteiger partial charge is 0.354 e. The molecule has 5 nitrogen and oxygen atoms in total. The summed E-state index contributed by atoms with van der Waals surface area (Å²) in [6.07, 6.45) is -0.441. The maximum Gasteiger partial charge on any atom is 0.280 e. The van der Waals surface area contributed by atoms with Crippen LogP contribution in [0.15, 0.2) is 24.3 Å². The highest BCUT2D eigenvalue weighted by molar-refractivity contribution is 7.20. The topological polar surface area (TPSA) is 60.5 Å². The molecule has 0 spiro atoms. The summed E-state index contributed by atoms with van der Waals surface area (Å²) >= 11 is 1.37. The van der Waals surface area contributed by atoms with Crippen molar-refractivity contribution >= 4 is 27.5 Å². The van der Waals surface area contributed by atoms with Crippen LogP contribution >= 0.6 is 11.3 Å². The quantitative estimate of drug-likeness (QED) is 0.836. The molecular weight excluding hydrogens is 252 g/mol. The number of fused-ring (bicyclic) bond motifs is 1. The molecule has 0 fully saturated rings. The summed E-state index contributed by atoms with van der Waals surface area (Å²) in [7, 11) is 3.05. The second-order valence-electron chi connectivity index (χ2n) is 3.60. The fraction of sp³-hybridized carbons (Fsp3) is 0.333. The van der Waals surface area contributed by atoms with Crippen molar-refractivity contribution in [1.82, 2.24) is 10.3 Å². The van der Waals surface area contributed by atoms with E-state index < -0.39 is 6.29 Å². The van der Waals surface area contributed by atoms with Gasteiger partial charge in [-0.25, -0.2) is 4.98 Å². The van der Waals surface area contributed by atoms with Crippen molar-refractivity contribution in [2.75, 3.05) is 20.8 Å². The maximum atomic E-state index is 11.9. The smallest absolute Gasteiger partial charge is 0.280 e. The lowest BCUT2D eigenvalue weighted by molar-refractivity contribution is -0.0974. The molecule has 0 radical (unpaired) electrons. The van der Waals surface area contributed by atoms with Crippen LogP contribution in [0.4, 0.5) is 0 Å². The third-order valence-electron chi connectivity index (χ3n) is 2.44. The minimum Gasteiger partial charge on any atom is -0.354 e. The molecule has 0 saturated carbocycles. The van der Waals surface area contributed by atoms with E-state index in [-0.39, 0.29) is 5.91 Å². The lowest BCUT2D eigenvalue weighted by Gasteiger charge is -2.13. The van der Waals surface area contributed by atoms with E-state index in [2.05, 4.69) is 10.3 Å². The lowest BCUT2D eigenvalue weighted by atomic mass is 10.3. The van der Waals surface area contributed by atoms with Gasteiger partial charge in [-0.3, -0.25) is 4.79 Å². The van der Waals surface area contributed by atoms with Crippen LogP contribution in [0.3, 0.4) is 0 Å². The zero-order valence-electron chi connectivity index (χ0n) is 10.2. The summed E-state index contributed by atoms with van der Waals surface area (Å²) in [6, 6.07) is 7.65. The van der Waals surface area contributed by atoms with Gasteiger partial charge in [0.05, 0.1) is 16.8 Å². The van der Waals surface area contributed by atoms with Crippen LogP contribution in [0.25, 0.3) is 10.2 Å². The molecule has 0 saturated heterocycles. The van der Waals surface area contributed by atoms with E-state index in [9.17, 15) is 4.79 Å². The molecule has 1 aromatic heterocycles. The number of carbonyl (C=O) groups excluding carboxylic acids is 1. The van der Waals surface area contributed by atoms with Crippen LogP contribution in [0.2, 0.25) is 0 Å². The van der Waals surface area contributed by atoms with Gasteiger partial charge in [-0.1, -0.05) is 12.1 Å². The van der Waals surface area contributed by atoms with Crippen LogP contribution in [-0.4, -0.2) is 37.9 Å². The number of thiazole rings is 1. The molecule has 0 aliphatic heterocycles. The third-order valence-corrected chi connectivity index (χ3v) is 3.48. The van der Waals surface area contributed by atoms with Gasteiger partial charge in [-0.05, 0) is 12.1 Å². The normalized spacial score (nSPS) is 11.1. The Morgan fingerprint density at radius 3 is 2.78 bits per heavy atom. The van der Waals surface area contributed by atoms with Gasteiger partial charge in [-0.2, -0.15) is 0 Å². The van der Waals surface area contributed by atoms with Gasteiger partial charge in [0.2, 0.25) is 0 Å². The summed E-state index contributed by atoms with van der Waals surface area (Å²) in [5, 5.41) is 3.17. The molecule has 0 unspecified atom stereocenters. The van der Waals surface area contributed by atoms with Crippen molar-refractivity contribution in [2.45, 2.75) is 6.29 Å². The summed E-state index contributed by atoms with van der Waals surface area (Å²) in [5.74, 6) is -0.213. The van der Waals surface area contributed by atoms with Gasteiger partial charge in [0.25, 0.3) is 5.91 Å². The monoisotopic (exact) mass is 266 g/mol. The molecule has 6 heteroatoms. The Balaban J connectivity index is 2.04. The van der Waals surface area contributed by atoms with E-state index in [1.807, 2.05) is 24.3 Å². The number of hydrogen-bond acceptors (Lipinski definition) is 5. The van der Waals surface area contributed by atoms with E-state index in [4.69, 9.17) is 9.47 Å². The van der Waals surface area contributed by atoms with Crippen LogP contribution < -0.4 is 5.32 Å². The Labute approximate surface area is 109 Å². The number of ether oxygens (including phenoxy) is 2. The highest BCUT2D eigenvalue weighted by Gasteiger charge is 2.13. The predicted molar refractivity (Wildman–Crippen MR) is 69.8 cm³/mol. The SMILES string of the molecule is COC(CNC(=O)c1nc2ccccc2s1)OC. The van der Waals surface area contributed by atoms with Crippen LogP contribution in [0, 0.1) is 0 Å². The van der Waals surface area contributed by atoms with Crippen molar-refractivity contribution < 1.29 is 14.3 Å².